The van der Waals surface area contributed by atoms with Crippen LogP contribution in [0.5, 0.6) is 0 Å². The van der Waals surface area contributed by atoms with Gasteiger partial charge in [0.15, 0.2) is 0 Å². The van der Waals surface area contributed by atoms with Gasteiger partial charge in [-0.25, -0.2) is 0 Å². The fraction of sp³-hybridized carbons (Fsp3) is 0.750. The van der Waals surface area contributed by atoms with E-state index in [1.807, 2.05) is 30.0 Å². The molecule has 2 saturated heterocycles. The van der Waals surface area contributed by atoms with E-state index in [-0.39, 0.29) is 17.7 Å². The third-order valence-electron chi connectivity index (χ3n) is 4.34. The molecule has 6 heteroatoms. The first kappa shape index (κ1) is 17.0. The van der Waals surface area contributed by atoms with Crippen molar-refractivity contribution in [2.75, 3.05) is 46.8 Å². The van der Waals surface area contributed by atoms with Gasteiger partial charge in [-0.05, 0) is 26.9 Å². The highest BCUT2D eigenvalue weighted by Crippen LogP contribution is 2.22. The van der Waals surface area contributed by atoms with E-state index in [1.54, 1.807) is 11.0 Å². The normalized spacial score (nSPS) is 25.6. The molecule has 2 fully saturated rings. The molecule has 0 saturated carbocycles. The lowest BCUT2D eigenvalue weighted by molar-refractivity contribution is -0.132. The number of amides is 2. The van der Waals surface area contributed by atoms with Crippen molar-refractivity contribution in [1.29, 1.82) is 0 Å². The molecule has 2 aliphatic heterocycles. The predicted molar refractivity (Wildman–Crippen MR) is 84.2 cm³/mol. The number of hydrogen-bond donors (Lipinski definition) is 1. The Balaban J connectivity index is 1.82. The topological polar surface area (TPSA) is 64.1 Å². The summed E-state index contributed by atoms with van der Waals surface area (Å²) in [6.45, 7) is 3.16. The third-order valence-corrected chi connectivity index (χ3v) is 4.34. The molecule has 2 aliphatic rings. The van der Waals surface area contributed by atoms with Crippen molar-refractivity contribution in [3.05, 3.63) is 12.2 Å². The lowest BCUT2D eigenvalue weighted by Gasteiger charge is -2.19. The number of hydrogen-bond acceptors (Lipinski definition) is 4. The standard InChI is InChI=1S/C16H27N3O3/c1-17(2)7-5-6-15(21)19-11-13(14(20)12-19)10-16(22)18-8-3-4-9-18/h5-6,13-14,20H,3-4,7-12H2,1-2H3/b6-5+/t13-,14-/m0/s1. The fourth-order valence-corrected chi connectivity index (χ4v) is 3.02. The Bertz CT molecular complexity index is 430. The van der Waals surface area contributed by atoms with Crippen LogP contribution in [0.2, 0.25) is 0 Å². The van der Waals surface area contributed by atoms with Gasteiger partial charge in [0, 0.05) is 51.1 Å². The molecule has 0 bridgehead atoms. The van der Waals surface area contributed by atoms with Gasteiger partial charge in [-0.2, -0.15) is 0 Å². The summed E-state index contributed by atoms with van der Waals surface area (Å²) in [5.41, 5.74) is 0. The van der Waals surface area contributed by atoms with E-state index < -0.39 is 6.10 Å². The summed E-state index contributed by atoms with van der Waals surface area (Å²) in [7, 11) is 3.88. The van der Waals surface area contributed by atoms with Crippen molar-refractivity contribution in [2.24, 2.45) is 5.92 Å². The van der Waals surface area contributed by atoms with Crippen molar-refractivity contribution >= 4 is 11.8 Å². The van der Waals surface area contributed by atoms with Crippen LogP contribution in [0.1, 0.15) is 19.3 Å². The monoisotopic (exact) mass is 309 g/mol. The summed E-state index contributed by atoms with van der Waals surface area (Å²) < 4.78 is 0. The maximum absolute atomic E-state index is 12.2. The molecule has 2 atom stereocenters. The van der Waals surface area contributed by atoms with Gasteiger partial charge >= 0.3 is 0 Å². The molecule has 2 heterocycles. The average molecular weight is 309 g/mol. The van der Waals surface area contributed by atoms with E-state index in [0.717, 1.165) is 25.9 Å². The zero-order chi connectivity index (χ0) is 16.1. The van der Waals surface area contributed by atoms with Crippen LogP contribution in [0, 0.1) is 5.92 Å². The highest BCUT2D eigenvalue weighted by atomic mass is 16.3. The zero-order valence-corrected chi connectivity index (χ0v) is 13.6. The summed E-state index contributed by atoms with van der Waals surface area (Å²) in [5.74, 6) is -0.115. The van der Waals surface area contributed by atoms with Crippen LogP contribution in [0.4, 0.5) is 0 Å². The molecule has 0 aromatic carbocycles. The quantitative estimate of drug-likeness (QED) is 0.723. The highest BCUT2D eigenvalue weighted by molar-refractivity contribution is 5.88. The lowest BCUT2D eigenvalue weighted by Crippen LogP contribution is -2.32. The summed E-state index contributed by atoms with van der Waals surface area (Å²) in [6, 6.07) is 0. The zero-order valence-electron chi connectivity index (χ0n) is 13.6. The van der Waals surface area contributed by atoms with Gasteiger partial charge in [0.1, 0.15) is 0 Å². The van der Waals surface area contributed by atoms with Gasteiger partial charge in [0.2, 0.25) is 11.8 Å². The number of aliphatic hydroxyl groups is 1. The second kappa shape index (κ2) is 7.74. The number of rotatable bonds is 5. The molecular formula is C16H27N3O3. The van der Waals surface area contributed by atoms with E-state index in [4.69, 9.17) is 0 Å². The Labute approximate surface area is 132 Å². The summed E-state index contributed by atoms with van der Waals surface area (Å²) in [5, 5.41) is 10.1. The van der Waals surface area contributed by atoms with E-state index >= 15 is 0 Å². The minimum atomic E-state index is -0.599. The Kier molecular flexibility index (Phi) is 5.97. The van der Waals surface area contributed by atoms with Crippen LogP contribution in [-0.2, 0) is 9.59 Å². The van der Waals surface area contributed by atoms with E-state index in [0.29, 0.717) is 26.1 Å². The molecule has 2 amide bonds. The van der Waals surface area contributed by atoms with E-state index in [9.17, 15) is 14.7 Å². The number of carbonyl (C=O) groups excluding carboxylic acids is 2. The Morgan fingerprint density at radius 1 is 1.18 bits per heavy atom. The van der Waals surface area contributed by atoms with Crippen LogP contribution in [0.3, 0.4) is 0 Å². The first-order valence-electron chi connectivity index (χ1n) is 8.03. The van der Waals surface area contributed by atoms with E-state index in [1.165, 1.54) is 0 Å². The van der Waals surface area contributed by atoms with Crippen molar-refractivity contribution in [2.45, 2.75) is 25.4 Å². The fourth-order valence-electron chi connectivity index (χ4n) is 3.02. The van der Waals surface area contributed by atoms with E-state index in [2.05, 4.69) is 0 Å². The average Bonchev–Trinajstić information content (AvgIpc) is 3.09. The number of carbonyl (C=O) groups is 2. The molecule has 0 radical (unpaired) electrons. The Morgan fingerprint density at radius 3 is 2.50 bits per heavy atom. The summed E-state index contributed by atoms with van der Waals surface area (Å²) in [4.78, 5) is 29.7. The van der Waals surface area contributed by atoms with Crippen molar-refractivity contribution in [3.63, 3.8) is 0 Å². The first-order valence-corrected chi connectivity index (χ1v) is 8.03. The molecule has 0 spiro atoms. The van der Waals surface area contributed by atoms with Gasteiger partial charge in [-0.3, -0.25) is 9.59 Å². The minimum absolute atomic E-state index is 0.0861. The Hall–Kier alpha value is -1.40. The number of nitrogens with zero attached hydrogens (tertiary/aromatic N) is 3. The number of likely N-dealkylation sites (tertiary alicyclic amines) is 2. The predicted octanol–water partition coefficient (Wildman–Crippen LogP) is -0.0640. The molecule has 124 valence electrons. The first-order chi connectivity index (χ1) is 10.5. The molecule has 6 nitrogen and oxygen atoms in total. The Morgan fingerprint density at radius 2 is 1.86 bits per heavy atom. The van der Waals surface area contributed by atoms with Crippen LogP contribution < -0.4 is 0 Å². The molecule has 0 aliphatic carbocycles. The second-order valence-electron chi connectivity index (χ2n) is 6.53. The maximum Gasteiger partial charge on any atom is 0.246 e. The van der Waals surface area contributed by atoms with Gasteiger partial charge in [0.05, 0.1) is 6.10 Å². The molecule has 0 aromatic rings. The maximum atomic E-state index is 12.2. The molecular weight excluding hydrogens is 282 g/mol. The number of likely N-dealkylation sites (N-methyl/N-ethyl adjacent to an activating group) is 1. The van der Waals surface area contributed by atoms with Gasteiger partial charge in [0.25, 0.3) is 0 Å². The highest BCUT2D eigenvalue weighted by Gasteiger charge is 2.35. The smallest absolute Gasteiger partial charge is 0.246 e. The second-order valence-corrected chi connectivity index (χ2v) is 6.53. The summed E-state index contributed by atoms with van der Waals surface area (Å²) >= 11 is 0. The number of β-amino-alcohol motifs (C(OH)–C–C–N with tert-alkyl or cyclic N) is 1. The van der Waals surface area contributed by atoms with Crippen LogP contribution >= 0.6 is 0 Å². The minimum Gasteiger partial charge on any atom is -0.391 e. The van der Waals surface area contributed by atoms with Crippen LogP contribution in [-0.4, -0.2) is 84.5 Å². The van der Waals surface area contributed by atoms with Crippen molar-refractivity contribution in [1.82, 2.24) is 14.7 Å². The molecule has 0 aromatic heterocycles. The van der Waals surface area contributed by atoms with Crippen LogP contribution in [0.25, 0.3) is 0 Å². The molecule has 22 heavy (non-hydrogen) atoms. The van der Waals surface area contributed by atoms with Crippen molar-refractivity contribution in [3.8, 4) is 0 Å². The summed E-state index contributed by atoms with van der Waals surface area (Å²) in [6.07, 6.45) is 5.25. The van der Waals surface area contributed by atoms with Gasteiger partial charge in [-0.15, -0.1) is 0 Å². The largest absolute Gasteiger partial charge is 0.391 e. The van der Waals surface area contributed by atoms with Gasteiger partial charge < -0.3 is 19.8 Å². The lowest BCUT2D eigenvalue weighted by atomic mass is 10.0. The molecule has 0 unspecified atom stereocenters. The SMILES string of the molecule is CN(C)C/C=C/C(=O)N1C[C@H](CC(=O)N2CCCC2)[C@@H](O)C1. The molecule has 1 N–H and O–H groups in total. The number of aliphatic hydroxyl groups excluding tert-OH is 1. The van der Waals surface area contributed by atoms with Crippen LogP contribution in [0.15, 0.2) is 12.2 Å². The molecule has 2 rings (SSSR count). The van der Waals surface area contributed by atoms with Crippen molar-refractivity contribution < 1.29 is 14.7 Å². The van der Waals surface area contributed by atoms with Gasteiger partial charge in [-0.1, -0.05) is 6.08 Å². The third kappa shape index (κ3) is 4.55.